The van der Waals surface area contributed by atoms with Crippen LogP contribution in [0.5, 0.6) is 0 Å². The van der Waals surface area contributed by atoms with Crippen LogP contribution < -0.4 is 5.69 Å². The van der Waals surface area contributed by atoms with Crippen molar-refractivity contribution in [2.45, 2.75) is 46.1 Å². The van der Waals surface area contributed by atoms with E-state index in [9.17, 15) is 14.4 Å². The number of aromatic nitrogens is 2. The van der Waals surface area contributed by atoms with Crippen molar-refractivity contribution in [2.75, 3.05) is 19.7 Å². The largest absolute Gasteiger partial charge is 0.452 e. The number of fused-ring (bicyclic) bond motifs is 1. The van der Waals surface area contributed by atoms with Gasteiger partial charge in [0.15, 0.2) is 6.61 Å². The molecule has 0 atom stereocenters. The lowest BCUT2D eigenvalue weighted by atomic mass is 9.90. The Morgan fingerprint density at radius 2 is 1.82 bits per heavy atom. The zero-order valence-electron chi connectivity index (χ0n) is 19.3. The van der Waals surface area contributed by atoms with Crippen LogP contribution in [-0.2, 0) is 22.5 Å². The van der Waals surface area contributed by atoms with Crippen LogP contribution in [0.15, 0.2) is 47.3 Å². The number of nitrogens with zero attached hydrogens (tertiary/aromatic N) is 2. The first kappa shape index (κ1) is 22.8. The van der Waals surface area contributed by atoms with Crippen molar-refractivity contribution in [2.24, 2.45) is 5.92 Å². The van der Waals surface area contributed by atoms with Gasteiger partial charge in [-0.25, -0.2) is 9.59 Å². The molecule has 1 aliphatic heterocycles. The maximum absolute atomic E-state index is 12.5. The van der Waals surface area contributed by atoms with Gasteiger partial charge in [0.05, 0.1) is 16.6 Å². The molecule has 0 spiro atoms. The number of hydrogen-bond donors (Lipinski definition) is 1. The van der Waals surface area contributed by atoms with Crippen molar-refractivity contribution in [1.29, 1.82) is 0 Å². The first-order chi connectivity index (χ1) is 15.9. The number of aryl methyl sites for hydroxylation is 3. The van der Waals surface area contributed by atoms with Crippen LogP contribution in [0.2, 0.25) is 0 Å². The molecule has 0 saturated carbocycles. The second kappa shape index (κ2) is 10.1. The van der Waals surface area contributed by atoms with Crippen LogP contribution >= 0.6 is 0 Å². The van der Waals surface area contributed by atoms with Crippen molar-refractivity contribution < 1.29 is 14.3 Å². The topological polar surface area (TPSA) is 84.4 Å². The predicted octanol–water partition coefficient (Wildman–Crippen LogP) is 3.69. The molecule has 0 unspecified atom stereocenters. The lowest BCUT2D eigenvalue weighted by molar-refractivity contribution is -0.135. The Morgan fingerprint density at radius 3 is 2.52 bits per heavy atom. The number of carbonyl (C=O) groups is 2. The average molecular weight is 450 g/mol. The minimum atomic E-state index is -0.566. The molecule has 7 heteroatoms. The van der Waals surface area contributed by atoms with Crippen molar-refractivity contribution in [3.8, 4) is 0 Å². The number of aromatic amines is 1. The first-order valence-corrected chi connectivity index (χ1v) is 11.7. The number of piperidine rings is 1. The van der Waals surface area contributed by atoms with Gasteiger partial charge >= 0.3 is 11.7 Å². The van der Waals surface area contributed by atoms with Gasteiger partial charge in [-0.1, -0.05) is 29.8 Å². The molecule has 33 heavy (non-hydrogen) atoms. The number of ether oxygens (including phenoxy) is 1. The molecule has 4 rings (SSSR count). The first-order valence-electron chi connectivity index (χ1n) is 11.7. The number of likely N-dealkylation sites (tertiary alicyclic amines) is 1. The number of H-pyrrole nitrogens is 1. The highest BCUT2D eigenvalue weighted by Gasteiger charge is 2.23. The van der Waals surface area contributed by atoms with E-state index in [-0.39, 0.29) is 18.2 Å². The third-order valence-corrected chi connectivity index (χ3v) is 6.58. The summed E-state index contributed by atoms with van der Waals surface area (Å²) in [7, 11) is 0. The fourth-order valence-corrected chi connectivity index (χ4v) is 4.50. The molecule has 0 bridgehead atoms. The minimum absolute atomic E-state index is 0.160. The molecule has 1 aromatic heterocycles. The standard InChI is InChI=1S/C26H31N3O4/c1-3-29-23-11-10-21(16-22(23)27-26(29)32)25(31)33-17-24(30)28-14-12-20(13-15-28)9-8-19-6-4-18(2)5-7-19/h4-7,10-11,16,20H,3,8-9,12-15,17H2,1-2H3,(H,27,32). The van der Waals surface area contributed by atoms with E-state index in [1.54, 1.807) is 27.7 Å². The molecule has 2 aromatic carbocycles. The molecule has 2 heterocycles. The number of imidazole rings is 1. The normalized spacial score (nSPS) is 14.5. The summed E-state index contributed by atoms with van der Waals surface area (Å²) in [6, 6.07) is 13.6. The van der Waals surface area contributed by atoms with E-state index >= 15 is 0 Å². The molecule has 0 radical (unpaired) electrons. The highest BCUT2D eigenvalue weighted by Crippen LogP contribution is 2.23. The van der Waals surface area contributed by atoms with Gasteiger partial charge in [-0.2, -0.15) is 0 Å². The Labute approximate surface area is 193 Å². The van der Waals surface area contributed by atoms with Gasteiger partial charge in [-0.3, -0.25) is 9.36 Å². The maximum atomic E-state index is 12.5. The average Bonchev–Trinajstić information content (AvgIpc) is 3.16. The van der Waals surface area contributed by atoms with E-state index in [4.69, 9.17) is 4.74 Å². The molecule has 3 aromatic rings. The van der Waals surface area contributed by atoms with Crippen molar-refractivity contribution in [3.05, 3.63) is 69.6 Å². The lowest BCUT2D eigenvalue weighted by Gasteiger charge is -2.32. The highest BCUT2D eigenvalue weighted by atomic mass is 16.5. The highest BCUT2D eigenvalue weighted by molar-refractivity contribution is 5.94. The fraction of sp³-hybridized carbons (Fsp3) is 0.423. The molecule has 1 saturated heterocycles. The monoisotopic (exact) mass is 449 g/mol. The van der Waals surface area contributed by atoms with E-state index in [1.165, 1.54) is 11.1 Å². The van der Waals surface area contributed by atoms with Crippen molar-refractivity contribution >= 4 is 22.9 Å². The Balaban J connectivity index is 1.24. The van der Waals surface area contributed by atoms with Gasteiger partial charge in [0.1, 0.15) is 0 Å². The third-order valence-electron chi connectivity index (χ3n) is 6.58. The molecule has 1 N–H and O–H groups in total. The third kappa shape index (κ3) is 5.35. The summed E-state index contributed by atoms with van der Waals surface area (Å²) in [6.45, 7) is 5.66. The lowest BCUT2D eigenvalue weighted by Crippen LogP contribution is -2.40. The second-order valence-electron chi connectivity index (χ2n) is 8.83. The Morgan fingerprint density at radius 1 is 1.09 bits per heavy atom. The van der Waals surface area contributed by atoms with Gasteiger partial charge in [-0.05, 0) is 69.2 Å². The number of benzene rings is 2. The van der Waals surface area contributed by atoms with E-state index in [1.807, 2.05) is 6.92 Å². The summed E-state index contributed by atoms with van der Waals surface area (Å²) in [5, 5.41) is 0. The van der Waals surface area contributed by atoms with E-state index in [0.29, 0.717) is 36.6 Å². The number of nitrogens with one attached hydrogen (secondary N) is 1. The zero-order valence-corrected chi connectivity index (χ0v) is 19.3. The summed E-state index contributed by atoms with van der Waals surface area (Å²) < 4.78 is 6.86. The predicted molar refractivity (Wildman–Crippen MR) is 127 cm³/mol. The summed E-state index contributed by atoms with van der Waals surface area (Å²) >= 11 is 0. The van der Waals surface area contributed by atoms with Gasteiger partial charge in [0.2, 0.25) is 0 Å². The van der Waals surface area contributed by atoms with Gasteiger partial charge in [0, 0.05) is 19.6 Å². The summed E-state index contributed by atoms with van der Waals surface area (Å²) in [6.07, 6.45) is 4.14. The zero-order chi connectivity index (χ0) is 23.4. The molecule has 174 valence electrons. The second-order valence-corrected chi connectivity index (χ2v) is 8.83. The number of rotatable bonds is 7. The smallest absolute Gasteiger partial charge is 0.338 e. The number of hydrogen-bond acceptors (Lipinski definition) is 4. The molecular formula is C26H31N3O4. The number of esters is 1. The molecule has 1 aliphatic rings. The van der Waals surface area contributed by atoms with E-state index in [0.717, 1.165) is 31.2 Å². The Hall–Kier alpha value is -3.35. The van der Waals surface area contributed by atoms with Crippen molar-refractivity contribution in [3.63, 3.8) is 0 Å². The summed E-state index contributed by atoms with van der Waals surface area (Å²) in [4.78, 5) is 41.4. The number of amides is 1. The van der Waals surface area contributed by atoms with Crippen LogP contribution in [0.3, 0.4) is 0 Å². The Bertz CT molecular complexity index is 1180. The molecule has 1 amide bonds. The quantitative estimate of drug-likeness (QED) is 0.558. The molecular weight excluding hydrogens is 418 g/mol. The van der Waals surface area contributed by atoms with Crippen LogP contribution in [0.4, 0.5) is 0 Å². The number of carbonyl (C=O) groups excluding carboxylic acids is 2. The van der Waals surface area contributed by atoms with Crippen molar-refractivity contribution in [1.82, 2.24) is 14.5 Å². The van der Waals surface area contributed by atoms with E-state index in [2.05, 4.69) is 36.2 Å². The van der Waals surface area contributed by atoms with Crippen LogP contribution in [0.25, 0.3) is 11.0 Å². The van der Waals surface area contributed by atoms with Gasteiger partial charge in [0.25, 0.3) is 5.91 Å². The minimum Gasteiger partial charge on any atom is -0.452 e. The summed E-state index contributed by atoms with van der Waals surface area (Å²) in [5.41, 5.74) is 4.05. The molecule has 0 aliphatic carbocycles. The summed E-state index contributed by atoms with van der Waals surface area (Å²) in [5.74, 6) is -0.113. The van der Waals surface area contributed by atoms with Gasteiger partial charge in [-0.15, -0.1) is 0 Å². The van der Waals surface area contributed by atoms with Crippen LogP contribution in [0.1, 0.15) is 47.7 Å². The Kier molecular flexibility index (Phi) is 6.96. The van der Waals surface area contributed by atoms with Crippen LogP contribution in [0, 0.1) is 12.8 Å². The molecule has 7 nitrogen and oxygen atoms in total. The van der Waals surface area contributed by atoms with Gasteiger partial charge < -0.3 is 14.6 Å². The fourth-order valence-electron chi connectivity index (χ4n) is 4.50. The SMILES string of the molecule is CCn1c(=O)[nH]c2cc(C(=O)OCC(=O)N3CCC(CCc4ccc(C)cc4)CC3)ccc21. The van der Waals surface area contributed by atoms with Crippen LogP contribution in [-0.4, -0.2) is 46.0 Å². The van der Waals surface area contributed by atoms with E-state index < -0.39 is 5.97 Å². The maximum Gasteiger partial charge on any atom is 0.338 e. The molecule has 1 fully saturated rings.